The second-order valence-corrected chi connectivity index (χ2v) is 19.5. The lowest BCUT2D eigenvalue weighted by Crippen LogP contribution is -2.00. The molecule has 0 saturated carbocycles. The molecule has 13 rings (SSSR count). The van der Waals surface area contributed by atoms with Gasteiger partial charge in [-0.2, -0.15) is 20.4 Å². The third-order valence-corrected chi connectivity index (χ3v) is 13.4. The first-order valence-electron chi connectivity index (χ1n) is 25.4. The number of pyridine rings is 3. The molecule has 0 amide bonds. The molecule has 0 saturated heterocycles. The Kier molecular flexibility index (Phi) is 18.2. The Morgan fingerprint density at radius 2 is 0.940 bits per heavy atom. The Labute approximate surface area is 481 Å². The molecule has 0 aliphatic rings. The summed E-state index contributed by atoms with van der Waals surface area (Å²) in [4.78, 5) is 42.7. The van der Waals surface area contributed by atoms with Crippen LogP contribution in [0.3, 0.4) is 0 Å². The highest BCUT2D eigenvalue weighted by molar-refractivity contribution is 6.33. The Morgan fingerprint density at radius 1 is 0.494 bits per heavy atom. The first-order valence-corrected chi connectivity index (χ1v) is 26.1. The highest BCUT2D eigenvalue weighted by Crippen LogP contribution is 2.28. The maximum absolute atomic E-state index is 13.1. The second kappa shape index (κ2) is 26.3. The molecule has 10 heterocycles. The highest BCUT2D eigenvalue weighted by atomic mass is 35.5. The van der Waals surface area contributed by atoms with Crippen molar-refractivity contribution in [3.63, 3.8) is 0 Å². The number of hydrogen-bond donors (Lipinski definition) is 10. The largest absolute Gasteiger partial charge is 0.397 e. The zero-order chi connectivity index (χ0) is 58.6. The number of aryl methyl sites for hydroxylation is 4. The summed E-state index contributed by atoms with van der Waals surface area (Å²) in [5.41, 5.74) is 21.9. The van der Waals surface area contributed by atoms with Crippen molar-refractivity contribution in [2.24, 2.45) is 0 Å². The summed E-state index contributed by atoms with van der Waals surface area (Å²) in [5, 5.41) is 37.2. The van der Waals surface area contributed by atoms with E-state index < -0.39 is 0 Å². The van der Waals surface area contributed by atoms with Gasteiger partial charge in [0.15, 0.2) is 12.6 Å². The van der Waals surface area contributed by atoms with Crippen LogP contribution in [0.4, 0.5) is 30.2 Å². The number of aldehydes is 2. The van der Waals surface area contributed by atoms with Gasteiger partial charge >= 0.3 is 0 Å². The van der Waals surface area contributed by atoms with Crippen LogP contribution in [-0.2, 0) is 13.1 Å². The predicted octanol–water partition coefficient (Wildman–Crippen LogP) is 13.3. The van der Waals surface area contributed by atoms with Crippen molar-refractivity contribution in [1.82, 2.24) is 70.7 Å². The third-order valence-electron chi connectivity index (χ3n) is 12.4. The van der Waals surface area contributed by atoms with Crippen LogP contribution >= 0.6 is 23.2 Å². The Bertz CT molecular complexity index is 4290. The minimum atomic E-state index is -0.253. The fourth-order valence-corrected chi connectivity index (χ4v) is 8.43. The molecule has 19 nitrogen and oxygen atoms in total. The van der Waals surface area contributed by atoms with Crippen LogP contribution in [0.2, 0.25) is 10.0 Å². The van der Waals surface area contributed by atoms with Gasteiger partial charge < -0.3 is 31.3 Å². The van der Waals surface area contributed by atoms with Gasteiger partial charge in [-0.05, 0) is 166 Å². The molecule has 420 valence electrons. The normalized spacial score (nSPS) is 10.7. The number of nitrogens with zero attached hydrogens (tertiary/aromatic N) is 7. The van der Waals surface area contributed by atoms with Crippen LogP contribution in [0.1, 0.15) is 55.1 Å². The van der Waals surface area contributed by atoms with Gasteiger partial charge in [-0.3, -0.25) is 30.0 Å². The van der Waals surface area contributed by atoms with Gasteiger partial charge in [0.25, 0.3) is 0 Å². The standard InChI is InChI=1S/C18H15ClFN5.C18H16FN5.C13H10FN3.C5H5ClN2O.C5H6N2O/c1-10-17(19)16(25-24-10)9-21-14-6-12-7-15(23-18(12)22-8-14)11-2-4-13(20)5-3-11;1-11-6-16(24-23-11)10-20-15-7-13-8-17(22-18(13)21-9-15)12-2-4-14(19)5-3-12;14-10-3-1-8(2-4-10)12-6-9-5-11(15)7-16-13(9)17-12;1-3-5(6)4(2-9)8-7-3;1-4-2-5(3-8)7-6-4/h2-8,21H,9H2,1H3,(H,22,23)(H,24,25);2-9,20H,10H2,1H3,(H,21,22)(H,23,24);1-7H,15H2,(H,16,17);2H,1H3,(H,7,8);2-3H,1H3,(H,6,7). The number of benzene rings is 3. The van der Waals surface area contributed by atoms with Crippen molar-refractivity contribution in [2.75, 3.05) is 16.4 Å². The monoisotopic (exact) mass is 1160 g/mol. The van der Waals surface area contributed by atoms with Crippen molar-refractivity contribution in [1.29, 1.82) is 0 Å². The second-order valence-electron chi connectivity index (χ2n) is 18.7. The number of nitrogens with two attached hydrogens (primary N) is 1. The SMILES string of the molecule is Cc1[nH]nc(C=O)c1Cl.Cc1[nH]nc(CNc2cnc3[nH]c(-c4ccc(F)cc4)cc3c2)c1Cl.Cc1cc(C=O)n[nH]1.Cc1cc(CNc2cnc3[nH]c(-c4ccc(F)cc4)cc3c2)n[nH]1.Nc1cnc2[nH]c(-c3ccc(F)cc3)cc2c1. The van der Waals surface area contributed by atoms with Gasteiger partial charge in [0.1, 0.15) is 51.5 Å². The molecular formula is C59H52Cl2F3N17O2. The molecule has 0 radical (unpaired) electrons. The van der Waals surface area contributed by atoms with E-state index in [0.717, 1.165) is 112 Å². The number of carbonyl (C=O) groups excluding carboxylic acids is 2. The maximum atomic E-state index is 13.1. The predicted molar refractivity (Wildman–Crippen MR) is 318 cm³/mol. The van der Waals surface area contributed by atoms with Gasteiger partial charge in [-0.1, -0.05) is 23.2 Å². The fourth-order valence-electron chi connectivity index (χ4n) is 8.15. The summed E-state index contributed by atoms with van der Waals surface area (Å²) >= 11 is 11.8. The molecule has 0 aliphatic carbocycles. The summed E-state index contributed by atoms with van der Waals surface area (Å²) in [6.45, 7) is 8.59. The first-order chi connectivity index (χ1) is 40.1. The van der Waals surface area contributed by atoms with Gasteiger partial charge in [0.05, 0.1) is 75.9 Å². The highest BCUT2D eigenvalue weighted by Gasteiger charge is 2.11. The van der Waals surface area contributed by atoms with E-state index >= 15 is 0 Å². The summed E-state index contributed by atoms with van der Waals surface area (Å²) in [5.74, 6) is -0.739. The van der Waals surface area contributed by atoms with E-state index in [4.69, 9.17) is 28.9 Å². The van der Waals surface area contributed by atoms with Crippen LogP contribution in [-0.4, -0.2) is 83.3 Å². The Hall–Kier alpha value is -10.3. The van der Waals surface area contributed by atoms with Crippen molar-refractivity contribution < 1.29 is 22.8 Å². The van der Waals surface area contributed by atoms with E-state index in [9.17, 15) is 22.8 Å². The zero-order valence-corrected chi connectivity index (χ0v) is 46.3. The van der Waals surface area contributed by atoms with E-state index in [-0.39, 0.29) is 23.1 Å². The van der Waals surface area contributed by atoms with Crippen molar-refractivity contribution in [2.45, 2.75) is 40.8 Å². The van der Waals surface area contributed by atoms with E-state index in [0.29, 0.717) is 47.1 Å². The number of fused-ring (bicyclic) bond motifs is 3. The number of halogens is 5. The number of H-pyrrole nitrogens is 7. The Morgan fingerprint density at radius 3 is 1.33 bits per heavy atom. The van der Waals surface area contributed by atoms with Crippen LogP contribution in [0, 0.1) is 45.1 Å². The molecule has 0 fully saturated rings. The molecule has 0 bridgehead atoms. The third kappa shape index (κ3) is 14.9. The maximum Gasteiger partial charge on any atom is 0.171 e. The summed E-state index contributed by atoms with van der Waals surface area (Å²) in [6, 6.07) is 34.6. The molecule has 0 atom stereocenters. The van der Waals surface area contributed by atoms with Crippen LogP contribution in [0.5, 0.6) is 0 Å². The Balaban J connectivity index is 0.000000133. The molecule has 0 aliphatic heterocycles. The molecule has 3 aromatic carbocycles. The smallest absolute Gasteiger partial charge is 0.171 e. The van der Waals surface area contributed by atoms with Crippen LogP contribution in [0.15, 0.2) is 140 Å². The zero-order valence-electron chi connectivity index (χ0n) is 44.8. The molecular weight excluding hydrogens is 1110 g/mol. The van der Waals surface area contributed by atoms with E-state index in [1.807, 2.05) is 63.2 Å². The number of carbonyl (C=O) groups is 2. The summed E-state index contributed by atoms with van der Waals surface area (Å²) < 4.78 is 38.9. The first kappa shape index (κ1) is 57.4. The quantitative estimate of drug-likeness (QED) is 0.0541. The summed E-state index contributed by atoms with van der Waals surface area (Å²) in [6.07, 6.45) is 6.47. The molecule has 0 spiro atoms. The molecule has 83 heavy (non-hydrogen) atoms. The lowest BCUT2D eigenvalue weighted by Gasteiger charge is -2.04. The van der Waals surface area contributed by atoms with Gasteiger partial charge in [-0.25, -0.2) is 28.1 Å². The average molecular weight is 1160 g/mol. The lowest BCUT2D eigenvalue weighted by molar-refractivity contribution is 0.111. The fraction of sp³-hybridized carbons (Fsp3) is 0.102. The molecule has 11 N–H and O–H groups in total. The number of aromatic amines is 7. The van der Waals surface area contributed by atoms with Crippen molar-refractivity contribution in [3.05, 3.63) is 213 Å². The minimum absolute atomic E-state index is 0.243. The van der Waals surface area contributed by atoms with Gasteiger partial charge in [0.2, 0.25) is 0 Å². The lowest BCUT2D eigenvalue weighted by atomic mass is 10.1. The van der Waals surface area contributed by atoms with Crippen LogP contribution < -0.4 is 16.4 Å². The van der Waals surface area contributed by atoms with Gasteiger partial charge in [-0.15, -0.1) is 0 Å². The van der Waals surface area contributed by atoms with E-state index in [2.05, 4.69) is 81.3 Å². The minimum Gasteiger partial charge on any atom is -0.397 e. The van der Waals surface area contributed by atoms with Crippen molar-refractivity contribution >= 4 is 85.9 Å². The number of nitrogens with one attached hydrogen (secondary N) is 9. The van der Waals surface area contributed by atoms with Crippen molar-refractivity contribution in [3.8, 4) is 33.8 Å². The molecule has 0 unspecified atom stereocenters. The van der Waals surface area contributed by atoms with Gasteiger partial charge in [0, 0.05) is 44.6 Å². The molecule has 24 heteroatoms. The molecule has 10 aromatic heterocycles. The summed E-state index contributed by atoms with van der Waals surface area (Å²) in [7, 11) is 0. The van der Waals surface area contributed by atoms with Crippen LogP contribution in [0.25, 0.3) is 66.9 Å². The number of aromatic nitrogens is 14. The number of hydrogen-bond acceptors (Lipinski definition) is 12. The molecule has 13 aromatic rings. The number of rotatable bonds is 11. The van der Waals surface area contributed by atoms with E-state index in [1.165, 1.54) is 36.4 Å². The topological polar surface area (TPSA) is 285 Å². The van der Waals surface area contributed by atoms with E-state index in [1.54, 1.807) is 68.0 Å². The number of anilines is 3. The number of nitrogen functional groups attached to an aromatic ring is 1. The average Bonchev–Trinajstić information content (AvgIpc) is 4.15.